The third-order valence-electron chi connectivity index (χ3n) is 6.81. The van der Waals surface area contributed by atoms with E-state index in [1.54, 1.807) is 11.0 Å². The van der Waals surface area contributed by atoms with Crippen LogP contribution in [0.25, 0.3) is 10.9 Å². The standard InChI is InChI=1S/C23H28FN5O3S/c1-16-14-28(33(3,31)32)10-11-29(16)22(30)19-13-26-20-5-4-17(24)12-18(20)21(19)27-8-6-23(2,15-25)7-9-27/h4-5,12-13,16H,6-11,14H2,1-3H3/t16-/m1/s1. The number of carbonyl (C=O) groups excluding carboxylic acids is 1. The molecule has 4 rings (SSSR count). The molecular formula is C23H28FN5O3S. The second-order valence-electron chi connectivity index (χ2n) is 9.31. The number of hydrogen-bond donors (Lipinski definition) is 0. The Bertz CT molecular complexity index is 1230. The number of piperazine rings is 1. The summed E-state index contributed by atoms with van der Waals surface area (Å²) in [4.78, 5) is 21.8. The number of halogens is 1. The van der Waals surface area contributed by atoms with Gasteiger partial charge in [-0.2, -0.15) is 9.57 Å². The fourth-order valence-electron chi connectivity index (χ4n) is 4.67. The third-order valence-corrected chi connectivity index (χ3v) is 8.07. The molecule has 176 valence electrons. The van der Waals surface area contributed by atoms with Gasteiger partial charge in [-0.05, 0) is 44.9 Å². The van der Waals surface area contributed by atoms with Crippen LogP contribution in [0.15, 0.2) is 24.4 Å². The lowest BCUT2D eigenvalue weighted by Gasteiger charge is -2.40. The van der Waals surface area contributed by atoms with Gasteiger partial charge < -0.3 is 9.80 Å². The van der Waals surface area contributed by atoms with Gasteiger partial charge in [0.15, 0.2) is 0 Å². The molecule has 0 N–H and O–H groups in total. The molecule has 0 saturated carbocycles. The van der Waals surface area contributed by atoms with Crippen LogP contribution in [0.3, 0.4) is 0 Å². The number of amides is 1. The Morgan fingerprint density at radius 1 is 1.24 bits per heavy atom. The summed E-state index contributed by atoms with van der Waals surface area (Å²) in [6, 6.07) is 6.40. The lowest BCUT2D eigenvalue weighted by Crippen LogP contribution is -2.55. The van der Waals surface area contributed by atoms with E-state index in [2.05, 4.69) is 11.1 Å². The Kier molecular flexibility index (Phi) is 6.05. The maximum absolute atomic E-state index is 14.2. The van der Waals surface area contributed by atoms with Gasteiger partial charge >= 0.3 is 0 Å². The molecule has 2 aromatic rings. The average molecular weight is 474 g/mol. The first-order valence-electron chi connectivity index (χ1n) is 11.0. The van der Waals surface area contributed by atoms with Crippen LogP contribution in [0.5, 0.6) is 0 Å². The van der Waals surface area contributed by atoms with Crippen LogP contribution in [0, 0.1) is 22.6 Å². The largest absolute Gasteiger partial charge is 0.370 e. The summed E-state index contributed by atoms with van der Waals surface area (Å²) in [5.41, 5.74) is 1.16. The first-order valence-corrected chi connectivity index (χ1v) is 12.9. The minimum atomic E-state index is -3.34. The Labute approximate surface area is 193 Å². The van der Waals surface area contributed by atoms with Gasteiger partial charge in [0.05, 0.1) is 34.5 Å². The first kappa shape index (κ1) is 23.4. The lowest BCUT2D eigenvalue weighted by molar-refractivity contribution is 0.0592. The number of piperidine rings is 1. The number of carbonyl (C=O) groups is 1. The fraction of sp³-hybridized carbons (Fsp3) is 0.522. The molecule has 2 saturated heterocycles. The number of pyridine rings is 1. The molecule has 1 atom stereocenters. The first-order chi connectivity index (χ1) is 15.5. The van der Waals surface area contributed by atoms with Gasteiger partial charge in [-0.3, -0.25) is 9.78 Å². The predicted octanol–water partition coefficient (Wildman–Crippen LogP) is 2.61. The van der Waals surface area contributed by atoms with Gasteiger partial charge in [0, 0.05) is 50.3 Å². The number of benzene rings is 1. The van der Waals surface area contributed by atoms with Gasteiger partial charge in [-0.1, -0.05) is 0 Å². The van der Waals surface area contributed by atoms with Crippen molar-refractivity contribution in [2.75, 3.05) is 43.9 Å². The number of nitrogens with zero attached hydrogens (tertiary/aromatic N) is 5. The van der Waals surface area contributed by atoms with Gasteiger partial charge in [0.1, 0.15) is 5.82 Å². The van der Waals surface area contributed by atoms with Crippen molar-refractivity contribution in [3.05, 3.63) is 35.8 Å². The number of aromatic nitrogens is 1. The molecule has 1 aromatic carbocycles. The van der Waals surface area contributed by atoms with Gasteiger partial charge in [-0.25, -0.2) is 12.8 Å². The topological polar surface area (TPSA) is 97.6 Å². The molecule has 1 amide bonds. The predicted molar refractivity (Wildman–Crippen MR) is 124 cm³/mol. The van der Waals surface area contributed by atoms with Gasteiger partial charge in [0.2, 0.25) is 10.0 Å². The quantitative estimate of drug-likeness (QED) is 0.680. The van der Waals surface area contributed by atoms with Crippen LogP contribution < -0.4 is 4.90 Å². The van der Waals surface area contributed by atoms with E-state index in [0.717, 1.165) is 0 Å². The van der Waals surface area contributed by atoms with Crippen molar-refractivity contribution in [3.8, 4) is 6.07 Å². The summed E-state index contributed by atoms with van der Waals surface area (Å²) in [6.45, 7) is 5.60. The number of hydrogen-bond acceptors (Lipinski definition) is 6. The van der Waals surface area contributed by atoms with Crippen molar-refractivity contribution < 1.29 is 17.6 Å². The highest BCUT2D eigenvalue weighted by Crippen LogP contribution is 2.37. The zero-order chi connectivity index (χ0) is 24.0. The monoisotopic (exact) mass is 473 g/mol. The second-order valence-corrected chi connectivity index (χ2v) is 11.3. The summed E-state index contributed by atoms with van der Waals surface area (Å²) < 4.78 is 39.5. The molecule has 2 fully saturated rings. The fourth-order valence-corrected chi connectivity index (χ4v) is 5.57. The maximum Gasteiger partial charge on any atom is 0.257 e. The molecule has 10 heteroatoms. The van der Waals surface area contributed by atoms with E-state index in [-0.39, 0.29) is 31.6 Å². The summed E-state index contributed by atoms with van der Waals surface area (Å²) in [7, 11) is -3.34. The minimum Gasteiger partial charge on any atom is -0.370 e. The van der Waals surface area contributed by atoms with E-state index in [9.17, 15) is 22.9 Å². The van der Waals surface area contributed by atoms with E-state index >= 15 is 0 Å². The zero-order valence-electron chi connectivity index (χ0n) is 19.1. The van der Waals surface area contributed by atoms with E-state index in [0.29, 0.717) is 48.1 Å². The molecule has 1 aromatic heterocycles. The van der Waals surface area contributed by atoms with E-state index in [1.807, 2.05) is 18.7 Å². The van der Waals surface area contributed by atoms with E-state index in [1.165, 1.54) is 28.9 Å². The highest BCUT2D eigenvalue weighted by atomic mass is 32.2. The zero-order valence-corrected chi connectivity index (χ0v) is 19.9. The summed E-state index contributed by atoms with van der Waals surface area (Å²) in [5.74, 6) is -0.665. The number of fused-ring (bicyclic) bond motifs is 1. The van der Waals surface area contributed by atoms with Gasteiger partial charge in [-0.15, -0.1) is 0 Å². The van der Waals surface area contributed by atoms with Crippen molar-refractivity contribution >= 4 is 32.5 Å². The summed E-state index contributed by atoms with van der Waals surface area (Å²) in [6.07, 6.45) is 3.98. The second kappa shape index (κ2) is 8.54. The summed E-state index contributed by atoms with van der Waals surface area (Å²) in [5, 5.41) is 10.1. The minimum absolute atomic E-state index is 0.222. The molecule has 0 aliphatic carbocycles. The maximum atomic E-state index is 14.2. The average Bonchev–Trinajstić information content (AvgIpc) is 2.78. The van der Waals surface area contributed by atoms with Crippen LogP contribution in [-0.4, -0.2) is 73.5 Å². The molecule has 0 unspecified atom stereocenters. The Hall–Kier alpha value is -2.77. The molecule has 8 nitrogen and oxygen atoms in total. The van der Waals surface area contributed by atoms with E-state index in [4.69, 9.17) is 0 Å². The SMILES string of the molecule is C[C@@H]1CN(S(C)(=O)=O)CCN1C(=O)c1cnc2ccc(F)cc2c1N1CCC(C)(C#N)CC1. The van der Waals surface area contributed by atoms with E-state index < -0.39 is 21.3 Å². The van der Waals surface area contributed by atoms with Crippen LogP contribution in [0.1, 0.15) is 37.0 Å². The van der Waals surface area contributed by atoms with Crippen molar-refractivity contribution in [2.45, 2.75) is 32.7 Å². The highest BCUT2D eigenvalue weighted by molar-refractivity contribution is 7.88. The van der Waals surface area contributed by atoms with Crippen LogP contribution in [-0.2, 0) is 10.0 Å². The molecule has 2 aliphatic rings. The van der Waals surface area contributed by atoms with Crippen molar-refractivity contribution in [3.63, 3.8) is 0 Å². The molecule has 0 bridgehead atoms. The molecule has 2 aliphatic heterocycles. The van der Waals surface area contributed by atoms with Crippen LogP contribution in [0.2, 0.25) is 0 Å². The van der Waals surface area contributed by atoms with Gasteiger partial charge in [0.25, 0.3) is 5.91 Å². The normalized spacial score (nSPS) is 21.7. The molecular weight excluding hydrogens is 445 g/mol. The molecule has 0 radical (unpaired) electrons. The lowest BCUT2D eigenvalue weighted by atomic mass is 9.81. The number of anilines is 1. The van der Waals surface area contributed by atoms with Crippen molar-refractivity contribution in [1.29, 1.82) is 5.26 Å². The van der Waals surface area contributed by atoms with Crippen molar-refractivity contribution in [2.24, 2.45) is 5.41 Å². The molecule has 3 heterocycles. The Balaban J connectivity index is 1.73. The summed E-state index contributed by atoms with van der Waals surface area (Å²) >= 11 is 0. The number of nitriles is 1. The smallest absolute Gasteiger partial charge is 0.257 e. The van der Waals surface area contributed by atoms with Crippen molar-refractivity contribution in [1.82, 2.24) is 14.2 Å². The van der Waals surface area contributed by atoms with Crippen LogP contribution >= 0.6 is 0 Å². The number of rotatable bonds is 3. The molecule has 0 spiro atoms. The number of sulfonamides is 1. The van der Waals surface area contributed by atoms with Crippen LogP contribution in [0.4, 0.5) is 10.1 Å². The Morgan fingerprint density at radius 2 is 1.94 bits per heavy atom. The highest BCUT2D eigenvalue weighted by Gasteiger charge is 2.36. The molecule has 33 heavy (non-hydrogen) atoms. The Morgan fingerprint density at radius 3 is 2.55 bits per heavy atom. The third kappa shape index (κ3) is 4.52.